The third kappa shape index (κ3) is 5.09. The highest BCUT2D eigenvalue weighted by Crippen LogP contribution is 2.16. The lowest BCUT2D eigenvalue weighted by Crippen LogP contribution is -2.31. The van der Waals surface area contributed by atoms with Crippen LogP contribution < -0.4 is 14.8 Å². The number of aliphatic hydroxyl groups is 1. The maximum Gasteiger partial charge on any atom is 0.150 e. The minimum absolute atomic E-state index is 0.217. The fourth-order valence-corrected chi connectivity index (χ4v) is 1.78. The molecule has 0 aliphatic rings. The molecule has 0 aliphatic carbocycles. The van der Waals surface area contributed by atoms with Gasteiger partial charge >= 0.3 is 0 Å². The number of methoxy groups -OCH3 is 1. The lowest BCUT2D eigenvalue weighted by atomic mass is 10.3. The Labute approximate surface area is 123 Å². The van der Waals surface area contributed by atoms with Gasteiger partial charge in [0.1, 0.15) is 24.2 Å². The molecule has 6 nitrogen and oxygen atoms in total. The van der Waals surface area contributed by atoms with Crippen LogP contribution in [-0.4, -0.2) is 36.6 Å². The quantitative estimate of drug-likeness (QED) is 0.768. The van der Waals surface area contributed by atoms with E-state index in [1.165, 1.54) is 0 Å². The zero-order chi connectivity index (χ0) is 15.1. The summed E-state index contributed by atoms with van der Waals surface area (Å²) >= 11 is 0. The van der Waals surface area contributed by atoms with Crippen molar-refractivity contribution in [1.82, 2.24) is 10.5 Å². The highest BCUT2D eigenvalue weighted by Gasteiger charge is 2.06. The van der Waals surface area contributed by atoms with E-state index < -0.39 is 6.10 Å². The Kier molecular flexibility index (Phi) is 5.59. The summed E-state index contributed by atoms with van der Waals surface area (Å²) < 4.78 is 15.6. The Morgan fingerprint density at radius 1 is 1.29 bits per heavy atom. The van der Waals surface area contributed by atoms with Crippen molar-refractivity contribution in [2.24, 2.45) is 0 Å². The third-order valence-electron chi connectivity index (χ3n) is 2.86. The largest absolute Gasteiger partial charge is 0.497 e. The summed E-state index contributed by atoms with van der Waals surface area (Å²) in [5.41, 5.74) is 0.843. The zero-order valence-electron chi connectivity index (χ0n) is 12.2. The minimum Gasteiger partial charge on any atom is -0.497 e. The molecule has 1 heterocycles. The van der Waals surface area contributed by atoms with Crippen LogP contribution in [0.25, 0.3) is 0 Å². The number of nitrogens with zero attached hydrogens (tertiary/aromatic N) is 1. The fourth-order valence-electron chi connectivity index (χ4n) is 1.78. The first-order chi connectivity index (χ1) is 10.2. The molecule has 1 atom stereocenters. The van der Waals surface area contributed by atoms with E-state index in [9.17, 15) is 5.11 Å². The summed E-state index contributed by atoms with van der Waals surface area (Å²) in [6, 6.07) is 9.08. The Morgan fingerprint density at radius 2 is 2.00 bits per heavy atom. The molecule has 114 valence electrons. The first-order valence-electron chi connectivity index (χ1n) is 6.75. The van der Waals surface area contributed by atoms with Crippen LogP contribution in [0.1, 0.15) is 11.5 Å². The smallest absolute Gasteiger partial charge is 0.150 e. The van der Waals surface area contributed by atoms with E-state index in [-0.39, 0.29) is 6.61 Å². The molecule has 0 saturated carbocycles. The molecule has 1 unspecified atom stereocenters. The average molecular weight is 292 g/mol. The number of aromatic nitrogens is 1. The molecule has 0 amide bonds. The summed E-state index contributed by atoms with van der Waals surface area (Å²) in [4.78, 5) is 0. The Balaban J connectivity index is 1.65. The van der Waals surface area contributed by atoms with Crippen molar-refractivity contribution in [1.29, 1.82) is 0 Å². The van der Waals surface area contributed by atoms with Crippen molar-refractivity contribution in [3.8, 4) is 11.5 Å². The van der Waals surface area contributed by atoms with Crippen LogP contribution in [0.4, 0.5) is 0 Å². The first kappa shape index (κ1) is 15.3. The van der Waals surface area contributed by atoms with Gasteiger partial charge in [-0.1, -0.05) is 5.16 Å². The van der Waals surface area contributed by atoms with Gasteiger partial charge in [-0.25, -0.2) is 0 Å². The van der Waals surface area contributed by atoms with E-state index in [4.69, 9.17) is 14.0 Å². The van der Waals surface area contributed by atoms with Gasteiger partial charge in [-0.15, -0.1) is 0 Å². The summed E-state index contributed by atoms with van der Waals surface area (Å²) in [7, 11) is 1.61. The van der Waals surface area contributed by atoms with E-state index >= 15 is 0 Å². The first-order valence-corrected chi connectivity index (χ1v) is 6.75. The van der Waals surface area contributed by atoms with Crippen LogP contribution in [-0.2, 0) is 6.54 Å². The van der Waals surface area contributed by atoms with Crippen LogP contribution in [0.15, 0.2) is 34.9 Å². The summed E-state index contributed by atoms with van der Waals surface area (Å²) in [6.07, 6.45) is -0.601. The number of ether oxygens (including phenoxy) is 2. The highest BCUT2D eigenvalue weighted by molar-refractivity contribution is 5.31. The van der Waals surface area contributed by atoms with Gasteiger partial charge in [-0.3, -0.25) is 0 Å². The van der Waals surface area contributed by atoms with E-state index in [0.717, 1.165) is 17.2 Å². The van der Waals surface area contributed by atoms with Crippen molar-refractivity contribution in [3.63, 3.8) is 0 Å². The molecule has 0 radical (unpaired) electrons. The van der Waals surface area contributed by atoms with Gasteiger partial charge in [0.25, 0.3) is 0 Å². The number of hydrogen-bond acceptors (Lipinski definition) is 6. The molecule has 2 rings (SSSR count). The van der Waals surface area contributed by atoms with E-state index in [0.29, 0.717) is 18.8 Å². The molecule has 21 heavy (non-hydrogen) atoms. The lowest BCUT2D eigenvalue weighted by Gasteiger charge is -2.13. The van der Waals surface area contributed by atoms with Crippen LogP contribution in [0.3, 0.4) is 0 Å². The van der Waals surface area contributed by atoms with Crippen molar-refractivity contribution in [2.75, 3.05) is 20.3 Å². The molecule has 0 fully saturated rings. The van der Waals surface area contributed by atoms with Crippen LogP contribution in [0.2, 0.25) is 0 Å². The fraction of sp³-hybridized carbons (Fsp3) is 0.400. The number of nitrogens with one attached hydrogen (secondary N) is 1. The number of aryl methyl sites for hydroxylation is 1. The molecule has 2 aromatic rings. The van der Waals surface area contributed by atoms with Gasteiger partial charge in [-0.2, -0.15) is 0 Å². The van der Waals surface area contributed by atoms with Gasteiger partial charge in [0, 0.05) is 12.6 Å². The molecule has 0 aliphatic heterocycles. The van der Waals surface area contributed by atoms with Crippen molar-refractivity contribution in [2.45, 2.75) is 19.6 Å². The number of benzene rings is 1. The molecule has 6 heteroatoms. The van der Waals surface area contributed by atoms with Gasteiger partial charge in [0.05, 0.1) is 19.3 Å². The second-order valence-electron chi connectivity index (χ2n) is 4.71. The van der Waals surface area contributed by atoms with Gasteiger partial charge in [-0.05, 0) is 31.2 Å². The third-order valence-corrected chi connectivity index (χ3v) is 2.86. The second kappa shape index (κ2) is 7.66. The molecular weight excluding hydrogens is 272 g/mol. The van der Waals surface area contributed by atoms with Crippen molar-refractivity contribution in [3.05, 3.63) is 41.8 Å². The van der Waals surface area contributed by atoms with Crippen LogP contribution >= 0.6 is 0 Å². The standard InChI is InChI=1S/C15H20N2O4/c1-11-7-15(21-17-11)9-16-8-12(18)10-20-14-5-3-13(19-2)4-6-14/h3-7,12,16,18H,8-10H2,1-2H3. The van der Waals surface area contributed by atoms with E-state index in [2.05, 4.69) is 10.5 Å². The van der Waals surface area contributed by atoms with Crippen molar-refractivity contribution >= 4 is 0 Å². The molecule has 0 spiro atoms. The van der Waals surface area contributed by atoms with Gasteiger partial charge < -0.3 is 24.4 Å². The number of aliphatic hydroxyl groups excluding tert-OH is 1. The summed E-state index contributed by atoms with van der Waals surface area (Å²) in [6.45, 7) is 3.02. The van der Waals surface area contributed by atoms with Crippen LogP contribution in [0, 0.1) is 6.92 Å². The molecule has 0 saturated heterocycles. The normalized spacial score (nSPS) is 12.1. The van der Waals surface area contributed by atoms with E-state index in [1.807, 2.05) is 25.1 Å². The molecule has 0 bridgehead atoms. The zero-order valence-corrected chi connectivity index (χ0v) is 12.2. The molecule has 1 aromatic carbocycles. The predicted octanol–water partition coefficient (Wildman–Crippen LogP) is 1.52. The Morgan fingerprint density at radius 3 is 2.62 bits per heavy atom. The van der Waals surface area contributed by atoms with Gasteiger partial charge in [0.15, 0.2) is 5.76 Å². The van der Waals surface area contributed by atoms with Crippen molar-refractivity contribution < 1.29 is 19.1 Å². The van der Waals surface area contributed by atoms with Crippen LogP contribution in [0.5, 0.6) is 11.5 Å². The lowest BCUT2D eigenvalue weighted by molar-refractivity contribution is 0.105. The molecule has 1 aromatic heterocycles. The number of rotatable bonds is 8. The topological polar surface area (TPSA) is 76.8 Å². The summed E-state index contributed by atoms with van der Waals surface area (Å²) in [5.74, 6) is 2.21. The monoisotopic (exact) mass is 292 g/mol. The second-order valence-corrected chi connectivity index (χ2v) is 4.71. The van der Waals surface area contributed by atoms with E-state index in [1.54, 1.807) is 19.2 Å². The average Bonchev–Trinajstić information content (AvgIpc) is 2.91. The van der Waals surface area contributed by atoms with Gasteiger partial charge in [0.2, 0.25) is 0 Å². The Hall–Kier alpha value is -2.05. The minimum atomic E-state index is -0.601. The predicted molar refractivity (Wildman–Crippen MR) is 77.4 cm³/mol. The Bertz CT molecular complexity index is 539. The molecule has 2 N–H and O–H groups in total. The highest BCUT2D eigenvalue weighted by atomic mass is 16.5. The SMILES string of the molecule is COc1ccc(OCC(O)CNCc2cc(C)no2)cc1. The summed E-state index contributed by atoms with van der Waals surface area (Å²) in [5, 5.41) is 16.7. The number of hydrogen-bond donors (Lipinski definition) is 2. The maximum absolute atomic E-state index is 9.84. The maximum atomic E-state index is 9.84. The molecular formula is C15H20N2O4.